The third-order valence-electron chi connectivity index (χ3n) is 2.41. The van der Waals surface area contributed by atoms with Crippen molar-refractivity contribution in [2.75, 3.05) is 11.3 Å². The lowest BCUT2D eigenvalue weighted by Gasteiger charge is -2.07. The number of carbonyl (C=O) groups excluding carboxylic acids is 1. The van der Waals surface area contributed by atoms with Crippen LogP contribution in [0, 0.1) is 0 Å². The molecule has 2 rings (SSSR count). The number of hydrogen-bond donors (Lipinski definition) is 2. The van der Waals surface area contributed by atoms with Crippen LogP contribution in [0.2, 0.25) is 0 Å². The maximum absolute atomic E-state index is 11.9. The molecule has 0 unspecified atom stereocenters. The number of hydrogen-bond acceptors (Lipinski definition) is 5. The number of H-pyrrole nitrogens is 1. The molecule has 2 aromatic rings. The van der Waals surface area contributed by atoms with Gasteiger partial charge in [0.25, 0.3) is 10.0 Å². The predicted octanol–water partition coefficient (Wildman–Crippen LogP) is 1.39. The molecule has 0 saturated carbocycles. The number of sulfonamides is 1. The van der Waals surface area contributed by atoms with Crippen molar-refractivity contribution < 1.29 is 17.9 Å². The third kappa shape index (κ3) is 3.15. The van der Waals surface area contributed by atoms with Crippen molar-refractivity contribution in [2.24, 2.45) is 0 Å². The van der Waals surface area contributed by atoms with Crippen LogP contribution in [0.25, 0.3) is 0 Å². The van der Waals surface area contributed by atoms with E-state index in [0.29, 0.717) is 11.3 Å². The van der Waals surface area contributed by atoms with Crippen molar-refractivity contribution in [2.45, 2.75) is 11.9 Å². The average Bonchev–Trinajstić information content (AvgIpc) is 2.94. The lowest BCUT2D eigenvalue weighted by Crippen LogP contribution is -2.13. The van der Waals surface area contributed by atoms with E-state index in [9.17, 15) is 13.2 Å². The van der Waals surface area contributed by atoms with Gasteiger partial charge in [0.1, 0.15) is 0 Å². The van der Waals surface area contributed by atoms with Crippen LogP contribution < -0.4 is 4.72 Å². The Labute approximate surface area is 116 Å². The number of aromatic nitrogens is 2. The molecule has 0 fully saturated rings. The second kappa shape index (κ2) is 5.74. The van der Waals surface area contributed by atoms with Crippen molar-refractivity contribution in [1.29, 1.82) is 0 Å². The molecular weight excluding hydrogens is 282 g/mol. The Balaban J connectivity index is 2.14. The van der Waals surface area contributed by atoms with E-state index >= 15 is 0 Å². The summed E-state index contributed by atoms with van der Waals surface area (Å²) in [6, 6.07) is 7.29. The molecule has 20 heavy (non-hydrogen) atoms. The first-order valence-electron chi connectivity index (χ1n) is 5.82. The van der Waals surface area contributed by atoms with Crippen molar-refractivity contribution in [1.82, 2.24) is 10.2 Å². The fraction of sp³-hybridized carbons (Fsp3) is 0.167. The zero-order valence-electron chi connectivity index (χ0n) is 10.7. The average molecular weight is 295 g/mol. The minimum absolute atomic E-state index is 0.0352. The van der Waals surface area contributed by atoms with Crippen LogP contribution in [0.1, 0.15) is 17.3 Å². The van der Waals surface area contributed by atoms with Gasteiger partial charge < -0.3 is 4.74 Å². The van der Waals surface area contributed by atoms with E-state index in [2.05, 4.69) is 14.9 Å². The Hall–Kier alpha value is -2.35. The number of aromatic amines is 1. The summed E-state index contributed by atoms with van der Waals surface area (Å²) in [7, 11) is -3.70. The highest BCUT2D eigenvalue weighted by Crippen LogP contribution is 2.15. The molecule has 1 aromatic carbocycles. The van der Waals surface area contributed by atoms with E-state index < -0.39 is 16.0 Å². The van der Waals surface area contributed by atoms with Crippen LogP contribution in [-0.4, -0.2) is 31.2 Å². The molecule has 0 bridgehead atoms. The normalized spacial score (nSPS) is 11.1. The highest BCUT2D eigenvalue weighted by Gasteiger charge is 2.15. The van der Waals surface area contributed by atoms with Crippen molar-refractivity contribution in [3.63, 3.8) is 0 Å². The van der Waals surface area contributed by atoms with Crippen LogP contribution in [0.15, 0.2) is 41.6 Å². The monoisotopic (exact) mass is 295 g/mol. The number of rotatable bonds is 5. The Morgan fingerprint density at radius 2 is 2.00 bits per heavy atom. The highest BCUT2D eigenvalue weighted by atomic mass is 32.2. The first-order valence-corrected chi connectivity index (χ1v) is 7.30. The Morgan fingerprint density at radius 3 is 2.55 bits per heavy atom. The molecule has 0 atom stereocenters. The summed E-state index contributed by atoms with van der Waals surface area (Å²) in [5.41, 5.74) is 0.698. The second-order valence-corrected chi connectivity index (χ2v) is 5.48. The largest absolute Gasteiger partial charge is 0.462 e. The Bertz CT molecular complexity index is 678. The molecule has 0 saturated heterocycles. The molecule has 0 aliphatic heterocycles. The van der Waals surface area contributed by atoms with Gasteiger partial charge in [-0.1, -0.05) is 0 Å². The molecule has 0 aliphatic rings. The van der Waals surface area contributed by atoms with E-state index in [1.54, 1.807) is 6.92 Å². The van der Waals surface area contributed by atoms with Gasteiger partial charge in [0.15, 0.2) is 5.03 Å². The maximum Gasteiger partial charge on any atom is 0.338 e. The summed E-state index contributed by atoms with van der Waals surface area (Å²) in [6.07, 6.45) is 1.35. The summed E-state index contributed by atoms with van der Waals surface area (Å²) < 4.78 is 31.0. The molecule has 0 spiro atoms. The summed E-state index contributed by atoms with van der Waals surface area (Å²) in [5.74, 6) is -0.449. The molecule has 106 valence electrons. The number of esters is 1. The topological polar surface area (TPSA) is 101 Å². The molecule has 0 amide bonds. The number of carbonyl (C=O) groups is 1. The van der Waals surface area contributed by atoms with Gasteiger partial charge in [-0.15, -0.1) is 0 Å². The lowest BCUT2D eigenvalue weighted by atomic mass is 10.2. The van der Waals surface area contributed by atoms with Crippen LogP contribution in [0.4, 0.5) is 5.69 Å². The molecule has 2 N–H and O–H groups in total. The van der Waals surface area contributed by atoms with Gasteiger partial charge in [-0.05, 0) is 37.3 Å². The van der Waals surface area contributed by atoms with Gasteiger partial charge in [0.05, 0.1) is 18.4 Å². The minimum Gasteiger partial charge on any atom is -0.462 e. The molecule has 7 nitrogen and oxygen atoms in total. The van der Waals surface area contributed by atoms with Crippen molar-refractivity contribution in [3.8, 4) is 0 Å². The zero-order chi connectivity index (χ0) is 14.6. The molecule has 8 heteroatoms. The molecule has 1 aromatic heterocycles. The third-order valence-corrected chi connectivity index (χ3v) is 3.72. The van der Waals surface area contributed by atoms with Crippen molar-refractivity contribution in [3.05, 3.63) is 42.1 Å². The molecule has 0 radical (unpaired) electrons. The first-order chi connectivity index (χ1) is 9.53. The quantitative estimate of drug-likeness (QED) is 0.812. The number of anilines is 1. The van der Waals surface area contributed by atoms with Gasteiger partial charge >= 0.3 is 5.97 Å². The van der Waals surface area contributed by atoms with Gasteiger partial charge in [-0.3, -0.25) is 9.82 Å². The van der Waals surface area contributed by atoms with E-state index in [1.807, 2.05) is 0 Å². The Morgan fingerprint density at radius 1 is 1.30 bits per heavy atom. The number of nitrogens with zero attached hydrogens (tertiary/aromatic N) is 1. The summed E-state index contributed by atoms with van der Waals surface area (Å²) in [6.45, 7) is 2.00. The zero-order valence-corrected chi connectivity index (χ0v) is 11.5. The lowest BCUT2D eigenvalue weighted by molar-refractivity contribution is 0.0526. The number of ether oxygens (including phenoxy) is 1. The van der Waals surface area contributed by atoms with Gasteiger partial charge in [-0.25, -0.2) is 4.79 Å². The summed E-state index contributed by atoms with van der Waals surface area (Å²) >= 11 is 0. The SMILES string of the molecule is CCOC(=O)c1ccc(NS(=O)(=O)c2ccn[nH]2)cc1. The smallest absolute Gasteiger partial charge is 0.338 e. The van der Waals surface area contributed by atoms with E-state index in [4.69, 9.17) is 4.74 Å². The molecular formula is C12H13N3O4S. The predicted molar refractivity (Wildman–Crippen MR) is 71.8 cm³/mol. The van der Waals surface area contributed by atoms with E-state index in [-0.39, 0.29) is 11.6 Å². The van der Waals surface area contributed by atoms with Crippen LogP contribution in [0.5, 0.6) is 0 Å². The Kier molecular flexibility index (Phi) is 4.04. The van der Waals surface area contributed by atoms with Gasteiger partial charge in [0.2, 0.25) is 0 Å². The fourth-order valence-electron chi connectivity index (χ4n) is 1.49. The summed E-state index contributed by atoms with van der Waals surface area (Å²) in [5, 5.41) is 5.92. The number of nitrogens with one attached hydrogen (secondary N) is 2. The van der Waals surface area contributed by atoms with Crippen LogP contribution >= 0.6 is 0 Å². The van der Waals surface area contributed by atoms with Gasteiger partial charge in [0, 0.05) is 5.69 Å². The fourth-order valence-corrected chi connectivity index (χ4v) is 2.46. The maximum atomic E-state index is 11.9. The highest BCUT2D eigenvalue weighted by molar-refractivity contribution is 7.92. The van der Waals surface area contributed by atoms with E-state index in [1.165, 1.54) is 36.5 Å². The first kappa shape index (κ1) is 14.1. The van der Waals surface area contributed by atoms with Crippen LogP contribution in [-0.2, 0) is 14.8 Å². The van der Waals surface area contributed by atoms with Crippen LogP contribution in [0.3, 0.4) is 0 Å². The molecule has 1 heterocycles. The number of benzene rings is 1. The van der Waals surface area contributed by atoms with Gasteiger partial charge in [-0.2, -0.15) is 13.5 Å². The van der Waals surface area contributed by atoms with E-state index in [0.717, 1.165) is 0 Å². The second-order valence-electron chi connectivity index (χ2n) is 3.82. The standard InChI is InChI=1S/C12H13N3O4S/c1-2-19-12(16)9-3-5-10(6-4-9)15-20(17,18)11-7-8-13-14-11/h3-8,15H,2H2,1H3,(H,13,14). The molecule has 0 aliphatic carbocycles. The van der Waals surface area contributed by atoms with Crippen molar-refractivity contribution >= 4 is 21.7 Å². The summed E-state index contributed by atoms with van der Waals surface area (Å²) in [4.78, 5) is 11.5. The minimum atomic E-state index is -3.70.